The average Bonchev–Trinajstić information content (AvgIpc) is 3.24. The van der Waals surface area contributed by atoms with Gasteiger partial charge in [-0.3, -0.25) is 4.79 Å². The number of nitrogens with zero attached hydrogens (tertiary/aromatic N) is 4. The van der Waals surface area contributed by atoms with Crippen LogP contribution < -0.4 is 10.1 Å². The number of fused-ring (bicyclic) bond motifs is 2. The van der Waals surface area contributed by atoms with E-state index in [1.807, 2.05) is 44.2 Å². The Morgan fingerprint density at radius 1 is 0.971 bits per heavy atom. The Bertz CT molecular complexity index is 1500. The fourth-order valence-electron chi connectivity index (χ4n) is 4.22. The van der Waals surface area contributed by atoms with Crippen molar-refractivity contribution in [3.63, 3.8) is 0 Å². The lowest BCUT2D eigenvalue weighted by Gasteiger charge is -2.09. The Morgan fingerprint density at radius 3 is 2.50 bits per heavy atom. The molecular formula is C27H25N5O2. The zero-order valence-electron chi connectivity index (χ0n) is 19.4. The summed E-state index contributed by atoms with van der Waals surface area (Å²) in [6.07, 6.45) is 0.731. The van der Waals surface area contributed by atoms with Crippen LogP contribution in [0, 0.1) is 6.92 Å². The highest BCUT2D eigenvalue weighted by Gasteiger charge is 2.22. The van der Waals surface area contributed by atoms with Crippen LogP contribution in [-0.4, -0.2) is 32.3 Å². The number of anilines is 1. The monoisotopic (exact) mass is 451 g/mol. The number of benzene rings is 3. The summed E-state index contributed by atoms with van der Waals surface area (Å²) >= 11 is 0. The molecule has 3 aromatic carbocycles. The molecule has 0 spiro atoms. The third-order valence-electron chi connectivity index (χ3n) is 5.87. The van der Waals surface area contributed by atoms with E-state index in [2.05, 4.69) is 46.7 Å². The van der Waals surface area contributed by atoms with Gasteiger partial charge in [-0.15, -0.1) is 10.2 Å². The van der Waals surface area contributed by atoms with Crippen LogP contribution >= 0.6 is 0 Å². The van der Waals surface area contributed by atoms with Crippen molar-refractivity contribution < 1.29 is 9.53 Å². The second kappa shape index (κ2) is 8.94. The fraction of sp³-hybridized carbons (Fsp3) is 0.185. The van der Waals surface area contributed by atoms with Crippen molar-refractivity contribution in [2.45, 2.75) is 27.2 Å². The fourth-order valence-corrected chi connectivity index (χ4v) is 4.22. The van der Waals surface area contributed by atoms with Crippen molar-refractivity contribution in [2.24, 2.45) is 0 Å². The molecule has 34 heavy (non-hydrogen) atoms. The molecule has 170 valence electrons. The first-order valence-electron chi connectivity index (χ1n) is 11.4. The van der Waals surface area contributed by atoms with Crippen LogP contribution in [0.15, 0.2) is 66.7 Å². The average molecular weight is 452 g/mol. The number of aryl methyl sites for hydroxylation is 2. The van der Waals surface area contributed by atoms with Gasteiger partial charge in [0.15, 0.2) is 11.3 Å². The predicted octanol–water partition coefficient (Wildman–Crippen LogP) is 5.47. The molecule has 2 aromatic heterocycles. The van der Waals surface area contributed by atoms with Crippen molar-refractivity contribution in [1.29, 1.82) is 0 Å². The van der Waals surface area contributed by atoms with E-state index in [1.54, 1.807) is 16.6 Å². The number of nitrogens with one attached hydrogen (secondary N) is 1. The minimum atomic E-state index is -0.337. The predicted molar refractivity (Wildman–Crippen MR) is 133 cm³/mol. The quantitative estimate of drug-likeness (QED) is 0.370. The highest BCUT2D eigenvalue weighted by Crippen LogP contribution is 2.34. The van der Waals surface area contributed by atoms with Crippen molar-refractivity contribution in [2.75, 3.05) is 11.9 Å². The highest BCUT2D eigenvalue weighted by molar-refractivity contribution is 6.04. The minimum absolute atomic E-state index is 0.232. The van der Waals surface area contributed by atoms with Crippen molar-refractivity contribution in [3.8, 4) is 16.9 Å². The molecule has 0 saturated carbocycles. The summed E-state index contributed by atoms with van der Waals surface area (Å²) in [5.74, 6) is 0.416. The topological polar surface area (TPSA) is 81.4 Å². The van der Waals surface area contributed by atoms with Crippen LogP contribution in [0.1, 0.15) is 35.7 Å². The summed E-state index contributed by atoms with van der Waals surface area (Å²) in [6, 6.07) is 21.7. The summed E-state index contributed by atoms with van der Waals surface area (Å²) < 4.78 is 7.19. The van der Waals surface area contributed by atoms with E-state index in [4.69, 9.17) is 9.84 Å². The Morgan fingerprint density at radius 2 is 1.74 bits per heavy atom. The first-order valence-corrected chi connectivity index (χ1v) is 11.4. The van der Waals surface area contributed by atoms with Gasteiger partial charge in [0.05, 0.1) is 23.6 Å². The normalized spacial score (nSPS) is 11.1. The van der Waals surface area contributed by atoms with Gasteiger partial charge >= 0.3 is 0 Å². The maximum atomic E-state index is 13.0. The van der Waals surface area contributed by atoms with Crippen LogP contribution in [0.3, 0.4) is 0 Å². The summed E-state index contributed by atoms with van der Waals surface area (Å²) in [5.41, 5.74) is 5.09. The van der Waals surface area contributed by atoms with Crippen molar-refractivity contribution in [1.82, 2.24) is 19.8 Å². The number of ether oxygens (including phenoxy) is 1. The second-order valence-corrected chi connectivity index (χ2v) is 7.98. The van der Waals surface area contributed by atoms with E-state index < -0.39 is 0 Å². The lowest BCUT2D eigenvalue weighted by Crippen LogP contribution is -2.18. The zero-order valence-corrected chi connectivity index (χ0v) is 19.4. The Balaban J connectivity index is 1.56. The summed E-state index contributed by atoms with van der Waals surface area (Å²) in [4.78, 5) is 13.0. The first-order chi connectivity index (χ1) is 16.6. The maximum Gasteiger partial charge on any atom is 0.278 e. The molecule has 1 amide bonds. The summed E-state index contributed by atoms with van der Waals surface area (Å²) in [5, 5.41) is 18.8. The van der Waals surface area contributed by atoms with Gasteiger partial charge in [0.25, 0.3) is 5.91 Å². The molecule has 5 rings (SSSR count). The van der Waals surface area contributed by atoms with Gasteiger partial charge in [-0.25, -0.2) is 4.52 Å². The lowest BCUT2D eigenvalue weighted by atomic mass is 9.97. The van der Waals surface area contributed by atoms with E-state index >= 15 is 0 Å². The van der Waals surface area contributed by atoms with Crippen molar-refractivity contribution >= 4 is 28.0 Å². The Kier molecular flexibility index (Phi) is 5.67. The first kappa shape index (κ1) is 21.6. The number of hydrogen-bond donors (Lipinski definition) is 1. The van der Waals surface area contributed by atoms with Gasteiger partial charge in [0.2, 0.25) is 0 Å². The number of amides is 1. The highest BCUT2D eigenvalue weighted by atomic mass is 16.5. The van der Waals surface area contributed by atoms with Gasteiger partial charge in [-0.2, -0.15) is 5.10 Å². The van der Waals surface area contributed by atoms with Crippen LogP contribution in [-0.2, 0) is 6.42 Å². The molecule has 0 saturated heterocycles. The second-order valence-electron chi connectivity index (χ2n) is 7.98. The molecule has 0 aliphatic heterocycles. The number of carbonyl (C=O) groups is 1. The van der Waals surface area contributed by atoms with E-state index in [1.165, 1.54) is 0 Å². The molecule has 0 aliphatic carbocycles. The molecular weight excluding hydrogens is 426 g/mol. The molecule has 7 heteroatoms. The summed E-state index contributed by atoms with van der Waals surface area (Å²) in [6.45, 7) is 6.43. The summed E-state index contributed by atoms with van der Waals surface area (Å²) in [7, 11) is 0. The van der Waals surface area contributed by atoms with Gasteiger partial charge in [0, 0.05) is 5.69 Å². The smallest absolute Gasteiger partial charge is 0.278 e. The van der Waals surface area contributed by atoms with Gasteiger partial charge in [-0.1, -0.05) is 49.4 Å². The van der Waals surface area contributed by atoms with Crippen LogP contribution in [0.2, 0.25) is 0 Å². The standard InChI is InChI=1S/C27H25N5O2/c1-4-23-24(22-12-8-10-18-9-6-7-11-21(18)22)26-30-29-25(17(3)32(26)31-23)27(33)28-19-13-15-20(16-14-19)34-5-2/h6-16H,4-5H2,1-3H3,(H,28,33). The molecule has 1 N–H and O–H groups in total. The van der Waals surface area contributed by atoms with Gasteiger partial charge < -0.3 is 10.1 Å². The van der Waals surface area contributed by atoms with Gasteiger partial charge in [0.1, 0.15) is 5.75 Å². The molecule has 5 aromatic rings. The Labute approximate surface area is 197 Å². The van der Waals surface area contributed by atoms with E-state index in [0.29, 0.717) is 23.6 Å². The molecule has 0 unspecified atom stereocenters. The number of aromatic nitrogens is 4. The number of carbonyl (C=O) groups excluding carboxylic acids is 1. The molecule has 0 bridgehead atoms. The number of hydrogen-bond acceptors (Lipinski definition) is 5. The zero-order chi connectivity index (χ0) is 23.7. The molecule has 0 radical (unpaired) electrons. The van der Waals surface area contributed by atoms with Crippen molar-refractivity contribution in [3.05, 3.63) is 83.8 Å². The molecule has 7 nitrogen and oxygen atoms in total. The largest absolute Gasteiger partial charge is 0.494 e. The third-order valence-corrected chi connectivity index (χ3v) is 5.87. The molecule has 0 aliphatic rings. The molecule has 2 heterocycles. The molecule has 0 atom stereocenters. The van der Waals surface area contributed by atoms with E-state index in [9.17, 15) is 4.79 Å². The van der Waals surface area contributed by atoms with Gasteiger partial charge in [-0.05, 0) is 60.9 Å². The van der Waals surface area contributed by atoms with E-state index in [-0.39, 0.29) is 11.6 Å². The van der Waals surface area contributed by atoms with E-state index in [0.717, 1.165) is 39.8 Å². The minimum Gasteiger partial charge on any atom is -0.494 e. The molecule has 0 fully saturated rings. The van der Waals surface area contributed by atoms with Crippen LogP contribution in [0.4, 0.5) is 5.69 Å². The maximum absolute atomic E-state index is 13.0. The Hall–Kier alpha value is -4.26. The number of rotatable bonds is 6. The lowest BCUT2D eigenvalue weighted by molar-refractivity contribution is 0.102. The van der Waals surface area contributed by atoms with Crippen LogP contribution in [0.25, 0.3) is 27.5 Å². The van der Waals surface area contributed by atoms with Crippen LogP contribution in [0.5, 0.6) is 5.75 Å². The third kappa shape index (κ3) is 3.75. The SMILES string of the molecule is CCOc1ccc(NC(=O)c2nnc3c(-c4cccc5ccccc45)c(CC)nn3c2C)cc1.